The van der Waals surface area contributed by atoms with Crippen molar-refractivity contribution in [2.45, 2.75) is 84.4 Å². The van der Waals surface area contributed by atoms with Gasteiger partial charge in [0.05, 0.1) is 12.7 Å². The van der Waals surface area contributed by atoms with Crippen LogP contribution in [-0.2, 0) is 46.5 Å². The van der Waals surface area contributed by atoms with E-state index in [1.807, 2.05) is 32.9 Å². The van der Waals surface area contributed by atoms with E-state index in [9.17, 15) is 34.2 Å². The Morgan fingerprint density at radius 1 is 1.16 bits per heavy atom. The zero-order valence-corrected chi connectivity index (χ0v) is 25.7. The molecule has 3 unspecified atom stereocenters. The molecule has 2 amide bonds. The van der Waals surface area contributed by atoms with E-state index in [0.29, 0.717) is 25.2 Å². The molecule has 1 aromatic rings. The molecular formula is C31H46N2O10. The Hall–Kier alpha value is -3.61. The molecular weight excluding hydrogens is 560 g/mol. The van der Waals surface area contributed by atoms with Gasteiger partial charge in [0.15, 0.2) is 6.10 Å². The molecule has 1 heterocycles. The molecule has 0 radical (unpaired) electrons. The van der Waals surface area contributed by atoms with Crippen molar-refractivity contribution < 1.29 is 48.4 Å². The highest BCUT2D eigenvalue weighted by Crippen LogP contribution is 2.27. The van der Waals surface area contributed by atoms with Crippen molar-refractivity contribution in [2.75, 3.05) is 27.2 Å². The second-order valence-corrected chi connectivity index (χ2v) is 11.3. The molecule has 1 aliphatic rings. The van der Waals surface area contributed by atoms with E-state index < -0.39 is 24.5 Å². The van der Waals surface area contributed by atoms with Crippen LogP contribution in [0, 0.1) is 5.41 Å². The van der Waals surface area contributed by atoms with E-state index in [1.165, 1.54) is 4.90 Å². The van der Waals surface area contributed by atoms with Crippen molar-refractivity contribution in [1.82, 2.24) is 10.2 Å². The summed E-state index contributed by atoms with van der Waals surface area (Å²) in [6, 6.07) is 5.65. The molecule has 240 valence electrons. The summed E-state index contributed by atoms with van der Waals surface area (Å²) >= 11 is 0. The fraction of sp³-hybridized carbons (Fsp3) is 0.581. The summed E-state index contributed by atoms with van der Waals surface area (Å²) in [6.07, 6.45) is 3.67. The second-order valence-electron chi connectivity index (χ2n) is 11.3. The molecule has 0 aromatic heterocycles. The number of ether oxygens (including phenoxy) is 3. The van der Waals surface area contributed by atoms with Crippen LogP contribution < -0.4 is 10.1 Å². The van der Waals surface area contributed by atoms with Crippen LogP contribution in [0.2, 0.25) is 0 Å². The van der Waals surface area contributed by atoms with Gasteiger partial charge in [-0.3, -0.25) is 14.4 Å². The molecule has 3 N–H and O–H groups in total. The maximum Gasteiger partial charge on any atom is 0.333 e. The van der Waals surface area contributed by atoms with Crippen LogP contribution in [0.5, 0.6) is 5.75 Å². The van der Waals surface area contributed by atoms with E-state index in [-0.39, 0.29) is 43.0 Å². The zero-order valence-electron chi connectivity index (χ0n) is 25.7. The summed E-state index contributed by atoms with van der Waals surface area (Å²) < 4.78 is 16.6. The highest BCUT2D eigenvalue weighted by Gasteiger charge is 2.34. The molecule has 12 heteroatoms. The summed E-state index contributed by atoms with van der Waals surface area (Å²) in [4.78, 5) is 56.4. The number of carbonyl (C=O) groups is 5. The maximum atomic E-state index is 12.0. The first kappa shape index (κ1) is 37.4. The number of carbonyl (C=O) groups excluding carboxylic acids is 4. The first-order valence-corrected chi connectivity index (χ1v) is 14.2. The summed E-state index contributed by atoms with van der Waals surface area (Å²) in [5.41, 5.74) is 1.70. The van der Waals surface area contributed by atoms with Crippen LogP contribution in [0.25, 0.3) is 0 Å². The lowest BCUT2D eigenvalue weighted by molar-refractivity contribution is -0.195. The van der Waals surface area contributed by atoms with Crippen molar-refractivity contribution in [2.24, 2.45) is 5.41 Å². The van der Waals surface area contributed by atoms with E-state index in [2.05, 4.69) is 5.32 Å². The Labute approximate surface area is 253 Å². The van der Waals surface area contributed by atoms with Crippen molar-refractivity contribution in [3.63, 3.8) is 0 Å². The number of rotatable bonds is 15. The number of nitrogens with zero attached hydrogens (tertiary/aromatic N) is 1. The lowest BCUT2D eigenvalue weighted by atomic mass is 10.0. The molecule has 0 aliphatic carbocycles. The number of methoxy groups -OCH3 is 1. The number of carboxylic acids is 1. The van der Waals surface area contributed by atoms with E-state index in [4.69, 9.17) is 14.2 Å². The Bertz CT molecular complexity index is 1080. The summed E-state index contributed by atoms with van der Waals surface area (Å²) in [5, 5.41) is 22.0. The van der Waals surface area contributed by atoms with Gasteiger partial charge >= 0.3 is 5.97 Å². The molecule has 1 aromatic carbocycles. The first-order valence-electron chi connectivity index (χ1n) is 14.2. The molecule has 0 saturated carbocycles. The van der Waals surface area contributed by atoms with Crippen molar-refractivity contribution in [3.8, 4) is 5.75 Å². The summed E-state index contributed by atoms with van der Waals surface area (Å²) in [5.74, 6) is -1.12. The van der Waals surface area contributed by atoms with Crippen molar-refractivity contribution >= 4 is 30.4 Å². The van der Waals surface area contributed by atoms with Gasteiger partial charge in [-0.1, -0.05) is 26.8 Å². The number of aliphatic hydroxyl groups is 1. The van der Waals surface area contributed by atoms with Crippen LogP contribution in [0.3, 0.4) is 0 Å². The second kappa shape index (κ2) is 19.6. The quantitative estimate of drug-likeness (QED) is 0.153. The van der Waals surface area contributed by atoms with Gasteiger partial charge in [0.2, 0.25) is 18.1 Å². The highest BCUT2D eigenvalue weighted by molar-refractivity contribution is 5.91. The van der Waals surface area contributed by atoms with Crippen LogP contribution in [0.4, 0.5) is 0 Å². The number of likely N-dealkylation sites (N-methyl/N-ethyl adjacent to an activating group) is 1. The van der Waals surface area contributed by atoms with Crippen LogP contribution in [-0.4, -0.2) is 91.2 Å². The molecule has 2 rings (SSSR count). The summed E-state index contributed by atoms with van der Waals surface area (Å²) in [6.45, 7) is 6.69. The molecule has 43 heavy (non-hydrogen) atoms. The molecule has 0 bridgehead atoms. The van der Waals surface area contributed by atoms with E-state index in [1.54, 1.807) is 20.2 Å². The predicted octanol–water partition coefficient (Wildman–Crippen LogP) is 2.44. The van der Waals surface area contributed by atoms with Gasteiger partial charge < -0.3 is 39.4 Å². The van der Waals surface area contributed by atoms with Crippen molar-refractivity contribution in [1.29, 1.82) is 0 Å². The number of nitrogens with one attached hydrogen (secondary N) is 1. The standard InChI is InChI=1S/C26H36N2O9.C5H10O/c1-28(24(32)7-5-13-29)12-10-23(31)27-11-4-3-6-18-8-9-21(19(14-18)17-35-2)36-25-16-20(30)15-22(37-25)26(33)34;1-5(2,3)4-6/h5,7-9,13-14,20,22,25,30H,3-4,6,10-12,15-17H2,1-2H3,(H,27,31)(H,33,34);4H,1-3H3/b7-5-;. The molecule has 0 spiro atoms. The number of aliphatic hydroxyl groups excluding tert-OH is 1. The highest BCUT2D eigenvalue weighted by atomic mass is 16.7. The van der Waals surface area contributed by atoms with E-state index >= 15 is 0 Å². The van der Waals surface area contributed by atoms with Crippen LogP contribution >= 0.6 is 0 Å². The lowest BCUT2D eigenvalue weighted by Gasteiger charge is -2.31. The fourth-order valence-electron chi connectivity index (χ4n) is 3.81. The number of benzene rings is 1. The number of unbranched alkanes of at least 4 members (excludes halogenated alkanes) is 1. The fourth-order valence-corrected chi connectivity index (χ4v) is 3.81. The zero-order chi connectivity index (χ0) is 32.4. The third-order valence-electron chi connectivity index (χ3n) is 6.16. The molecule has 3 atom stereocenters. The van der Waals surface area contributed by atoms with Gasteiger partial charge in [0.25, 0.3) is 0 Å². The third-order valence-corrected chi connectivity index (χ3v) is 6.16. The Balaban J connectivity index is 0.00000139. The minimum absolute atomic E-state index is 0.0241. The number of hydrogen-bond acceptors (Lipinski definition) is 9. The Kier molecular flexibility index (Phi) is 17.0. The predicted molar refractivity (Wildman–Crippen MR) is 158 cm³/mol. The molecule has 12 nitrogen and oxygen atoms in total. The number of allylic oxidation sites excluding steroid dienone is 1. The van der Waals surface area contributed by atoms with Gasteiger partial charge in [0, 0.05) is 63.6 Å². The SMILES string of the molecule is CC(C)(C)C=O.COCc1cc(CCCCNC(=O)CCN(C)C(=O)/C=C\C=O)ccc1OC1CC(O)CC(C(=O)O)O1. The number of aliphatic carboxylic acids is 1. The average Bonchev–Trinajstić information content (AvgIpc) is 2.95. The number of aldehydes is 2. The van der Waals surface area contributed by atoms with Gasteiger partial charge in [-0.15, -0.1) is 0 Å². The smallest absolute Gasteiger partial charge is 0.333 e. The largest absolute Gasteiger partial charge is 0.479 e. The average molecular weight is 607 g/mol. The van der Waals surface area contributed by atoms with Crippen LogP contribution in [0.15, 0.2) is 30.4 Å². The Morgan fingerprint density at radius 3 is 2.47 bits per heavy atom. The maximum absolute atomic E-state index is 12.0. The number of carboxylic acid groups (broad SMARTS) is 1. The van der Waals surface area contributed by atoms with E-state index in [0.717, 1.165) is 48.8 Å². The molecule has 1 fully saturated rings. The molecule has 1 aliphatic heterocycles. The van der Waals surface area contributed by atoms with Crippen LogP contribution in [0.1, 0.15) is 64.0 Å². The Morgan fingerprint density at radius 2 is 1.86 bits per heavy atom. The number of hydrogen-bond donors (Lipinski definition) is 3. The monoisotopic (exact) mass is 606 g/mol. The number of aryl methyl sites for hydroxylation is 1. The van der Waals surface area contributed by atoms with Gasteiger partial charge in [-0.25, -0.2) is 4.79 Å². The van der Waals surface area contributed by atoms with Gasteiger partial charge in [0.1, 0.15) is 18.3 Å². The lowest BCUT2D eigenvalue weighted by Crippen LogP contribution is -2.42. The van der Waals surface area contributed by atoms with Gasteiger partial charge in [-0.05, 0) is 43.0 Å². The molecule has 1 saturated heterocycles. The summed E-state index contributed by atoms with van der Waals surface area (Å²) in [7, 11) is 3.13. The minimum atomic E-state index is -1.14. The minimum Gasteiger partial charge on any atom is -0.479 e. The third kappa shape index (κ3) is 16.0. The van der Waals surface area contributed by atoms with Crippen molar-refractivity contribution in [3.05, 3.63) is 41.5 Å². The normalized spacial score (nSPS) is 18.2. The first-order chi connectivity index (χ1) is 20.3. The topological polar surface area (TPSA) is 169 Å². The van der Waals surface area contributed by atoms with Gasteiger partial charge in [-0.2, -0.15) is 0 Å². The number of amides is 2.